The third kappa shape index (κ3) is 34.9. The zero-order valence-electron chi connectivity index (χ0n) is 59.3. The molecule has 0 saturated heterocycles. The summed E-state index contributed by atoms with van der Waals surface area (Å²) >= 11 is 0. The fraction of sp³-hybridized carbons (Fsp3) is 0.750. The third-order valence-corrected chi connectivity index (χ3v) is 16.6. The van der Waals surface area contributed by atoms with Crippen LogP contribution in [0.1, 0.15) is 197 Å². The highest BCUT2D eigenvalue weighted by Gasteiger charge is 2.38. The molecule has 0 unspecified atom stereocenters. The van der Waals surface area contributed by atoms with Gasteiger partial charge >= 0.3 is 0 Å². The lowest BCUT2D eigenvalue weighted by Gasteiger charge is -2.30. The number of carbonyl (C=O) groups excluding carboxylic acids is 11. The molecule has 11 amide bonds. The molecule has 0 radical (unpaired) electrons. The second kappa shape index (κ2) is 48.8. The quantitative estimate of drug-likeness (QED) is 0.0392. The highest BCUT2D eigenvalue weighted by atomic mass is 16.2. The molecule has 0 aromatic heterocycles. The summed E-state index contributed by atoms with van der Waals surface area (Å²) in [5.41, 5.74) is 41.5. The number of benzene rings is 1. The van der Waals surface area contributed by atoms with Crippen LogP contribution in [0.5, 0.6) is 0 Å². The third-order valence-electron chi connectivity index (χ3n) is 16.6. The Bertz CT molecular complexity index is 2510. The number of primary amides is 1. The van der Waals surface area contributed by atoms with Gasteiger partial charge in [0.2, 0.25) is 65.0 Å². The van der Waals surface area contributed by atoms with Crippen molar-refractivity contribution >= 4 is 65.0 Å². The van der Waals surface area contributed by atoms with E-state index in [0.29, 0.717) is 102 Å². The Labute approximate surface area is 571 Å². The Balaban J connectivity index is 3.72. The summed E-state index contributed by atoms with van der Waals surface area (Å²) in [5.74, 6) is -8.78. The second-order valence-electron chi connectivity index (χ2n) is 27.1. The molecule has 1 rings (SSSR count). The van der Waals surface area contributed by atoms with E-state index in [1.165, 1.54) is 0 Å². The van der Waals surface area contributed by atoms with E-state index in [2.05, 4.69) is 53.2 Å². The molecule has 0 aliphatic carbocycles. The van der Waals surface area contributed by atoms with Gasteiger partial charge in [0.05, 0.1) is 6.04 Å². The highest BCUT2D eigenvalue weighted by molar-refractivity contribution is 5.99. The van der Waals surface area contributed by atoms with Crippen molar-refractivity contribution < 1.29 is 52.7 Å². The van der Waals surface area contributed by atoms with Crippen molar-refractivity contribution in [3.63, 3.8) is 0 Å². The van der Waals surface area contributed by atoms with Gasteiger partial charge < -0.3 is 93.3 Å². The molecule has 0 heterocycles. The van der Waals surface area contributed by atoms with Crippen molar-refractivity contribution in [2.24, 2.45) is 69.7 Å². The van der Waals surface area contributed by atoms with Crippen LogP contribution in [-0.4, -0.2) is 164 Å². The van der Waals surface area contributed by atoms with Gasteiger partial charge in [-0.2, -0.15) is 0 Å². The molecule has 12 atom stereocenters. The minimum Gasteiger partial charge on any atom is -0.368 e. The topological polar surface area (TPSA) is 490 Å². The van der Waals surface area contributed by atoms with Crippen LogP contribution < -0.4 is 93.3 Å². The van der Waals surface area contributed by atoms with Crippen LogP contribution in [0.2, 0.25) is 0 Å². The summed E-state index contributed by atoms with van der Waals surface area (Å²) in [5, 5.41) is 28.1. The van der Waals surface area contributed by atoms with Crippen LogP contribution in [0.25, 0.3) is 0 Å². The zero-order valence-corrected chi connectivity index (χ0v) is 59.3. The number of nitrogens with one attached hydrogen (secondary N) is 10. The standard InChI is InChI=1S/C68H125N17O11/c1-11-45(10)57(68(96)83-54(39-43(6)7)64(92)79-50(30-18-23-35-72)62(90)84-56(44(8)9)67(95)80-52(58(75)86)37-41(2)3)85-63(91)51(31-19-24-36-73)77-60(88)49(29-17-22-34-71)78-66(94)55(40-46-25-13-12-14-26-46)82-65(93)53(38-42(4)5)81-61(89)48(28-16-21-33-70)76-59(87)47(74)27-15-20-32-69/h12-14,25-26,41-45,47-57H,11,15-24,27-40,69-74H2,1-10H3,(H2,75,86)(H,76,87)(H,77,88)(H,78,94)(H,79,92)(H,80,95)(H,81,89)(H,82,93)(H,83,96)(H,84,90)(H,85,91)/t45-,47-,48-,49-,50-,51-,52-,53-,54-,55-,56-,57-/m0/s1. The maximum absolute atomic E-state index is 14.8. The van der Waals surface area contributed by atoms with Gasteiger partial charge in [-0.25, -0.2) is 0 Å². The molecule has 1 aromatic rings. The van der Waals surface area contributed by atoms with Crippen molar-refractivity contribution in [1.29, 1.82) is 0 Å². The average Bonchev–Trinajstić information content (AvgIpc) is 0.993. The first-order valence-electron chi connectivity index (χ1n) is 35.1. The number of nitrogens with two attached hydrogens (primary N) is 7. The Kier molecular flexibility index (Phi) is 44.3. The summed E-state index contributed by atoms with van der Waals surface area (Å²) in [4.78, 5) is 155. The molecule has 0 spiro atoms. The van der Waals surface area contributed by atoms with Gasteiger partial charge in [-0.3, -0.25) is 52.7 Å². The molecule has 28 nitrogen and oxygen atoms in total. The number of hydrogen-bond acceptors (Lipinski definition) is 17. The summed E-state index contributed by atoms with van der Waals surface area (Å²) in [6.45, 7) is 19.8. The zero-order chi connectivity index (χ0) is 72.5. The number of rotatable bonds is 52. The molecule has 0 fully saturated rings. The number of carbonyl (C=O) groups is 11. The van der Waals surface area contributed by atoms with E-state index in [1.54, 1.807) is 51.1 Å². The largest absolute Gasteiger partial charge is 0.368 e. The lowest BCUT2D eigenvalue weighted by molar-refractivity contribution is -0.137. The monoisotopic (exact) mass is 1360 g/mol. The highest BCUT2D eigenvalue weighted by Crippen LogP contribution is 2.17. The van der Waals surface area contributed by atoms with Crippen LogP contribution in [0.4, 0.5) is 0 Å². The summed E-state index contributed by atoms with van der Waals surface area (Å²) in [7, 11) is 0. The van der Waals surface area contributed by atoms with Crippen LogP contribution >= 0.6 is 0 Å². The molecule has 0 aliphatic rings. The fourth-order valence-corrected chi connectivity index (χ4v) is 10.8. The first kappa shape index (κ1) is 87.2. The van der Waals surface area contributed by atoms with E-state index in [-0.39, 0.29) is 82.2 Å². The number of amides is 11. The van der Waals surface area contributed by atoms with Crippen LogP contribution in [0, 0.1) is 29.6 Å². The first-order chi connectivity index (χ1) is 45.5. The Morgan fingerprint density at radius 2 is 0.635 bits per heavy atom. The second-order valence-corrected chi connectivity index (χ2v) is 27.1. The molecule has 548 valence electrons. The number of unbranched alkanes of at least 4 members (excludes halogenated alkanes) is 5. The summed E-state index contributed by atoms with van der Waals surface area (Å²) in [6.07, 6.45) is 6.65. The molecular weight excluding hydrogens is 1230 g/mol. The Morgan fingerprint density at radius 1 is 0.344 bits per heavy atom. The first-order valence-corrected chi connectivity index (χ1v) is 35.1. The molecule has 0 aliphatic heterocycles. The van der Waals surface area contributed by atoms with E-state index in [0.717, 1.165) is 0 Å². The maximum atomic E-state index is 14.8. The van der Waals surface area contributed by atoms with E-state index in [9.17, 15) is 52.7 Å². The van der Waals surface area contributed by atoms with E-state index >= 15 is 0 Å². The van der Waals surface area contributed by atoms with Crippen LogP contribution in [0.3, 0.4) is 0 Å². The molecule has 0 bridgehead atoms. The van der Waals surface area contributed by atoms with Gasteiger partial charge in [0.15, 0.2) is 0 Å². The molecule has 1 aromatic carbocycles. The van der Waals surface area contributed by atoms with Crippen molar-refractivity contribution in [3.8, 4) is 0 Å². The van der Waals surface area contributed by atoms with Crippen LogP contribution in [-0.2, 0) is 59.2 Å². The van der Waals surface area contributed by atoms with Gasteiger partial charge in [-0.05, 0) is 177 Å². The lowest BCUT2D eigenvalue weighted by atomic mass is 9.95. The van der Waals surface area contributed by atoms with Gasteiger partial charge in [0.1, 0.15) is 60.4 Å². The lowest BCUT2D eigenvalue weighted by Crippen LogP contribution is -2.62. The van der Waals surface area contributed by atoms with Gasteiger partial charge in [0.25, 0.3) is 0 Å². The molecule has 24 N–H and O–H groups in total. The predicted octanol–water partition coefficient (Wildman–Crippen LogP) is 0.375. The van der Waals surface area contributed by atoms with Gasteiger partial charge in [-0.1, -0.05) is 112 Å². The Morgan fingerprint density at radius 3 is 1.00 bits per heavy atom. The summed E-state index contributed by atoms with van der Waals surface area (Å²) < 4.78 is 0. The fourth-order valence-electron chi connectivity index (χ4n) is 10.8. The maximum Gasteiger partial charge on any atom is 0.243 e. The Hall–Kier alpha value is -6.85. The molecule has 0 saturated carbocycles. The predicted molar refractivity (Wildman–Crippen MR) is 374 cm³/mol. The van der Waals surface area contributed by atoms with Crippen molar-refractivity contribution in [2.75, 3.05) is 32.7 Å². The smallest absolute Gasteiger partial charge is 0.243 e. The molecular formula is C68H125N17O11. The van der Waals surface area contributed by atoms with Crippen molar-refractivity contribution in [3.05, 3.63) is 35.9 Å². The van der Waals surface area contributed by atoms with E-state index < -0.39 is 143 Å². The SMILES string of the molecule is CC[C@H](C)[C@H](NC(=O)[C@H](CCCCN)NC(=O)[C@H](CCCCN)NC(=O)[C@H](Cc1ccccc1)NC(=O)[C@H](CC(C)C)NC(=O)[C@H](CCCCN)NC(=O)[C@@H](N)CCCCN)C(=O)N[C@@H](CC(C)C)C(=O)N[C@@H](CCCCN)C(=O)N[C@H](C(=O)N[C@@H](CC(C)C)C(N)=O)C(C)C. The van der Waals surface area contributed by atoms with Gasteiger partial charge in [0, 0.05) is 6.42 Å². The minimum absolute atomic E-state index is 0.0184. The minimum atomic E-state index is -1.31. The van der Waals surface area contributed by atoms with Gasteiger partial charge in [-0.15, -0.1) is 0 Å². The number of hydrogen-bond donors (Lipinski definition) is 17. The summed E-state index contributed by atoms with van der Waals surface area (Å²) in [6, 6.07) is -3.89. The normalized spacial score (nSPS) is 15.2. The van der Waals surface area contributed by atoms with E-state index in [4.69, 9.17) is 40.1 Å². The van der Waals surface area contributed by atoms with Crippen LogP contribution in [0.15, 0.2) is 30.3 Å². The van der Waals surface area contributed by atoms with Crippen molar-refractivity contribution in [1.82, 2.24) is 53.2 Å². The van der Waals surface area contributed by atoms with E-state index in [1.807, 2.05) is 48.5 Å². The molecule has 28 heteroatoms. The molecule has 96 heavy (non-hydrogen) atoms. The van der Waals surface area contributed by atoms with Crippen molar-refractivity contribution in [2.45, 2.75) is 264 Å². The average molecular weight is 1360 g/mol.